The molecule has 0 bridgehead atoms. The first kappa shape index (κ1) is 48.4. The molecule has 11 heteroatoms. The Kier molecular flexibility index (Phi) is 17.4. The third-order valence-electron chi connectivity index (χ3n) is 9.40. The molecule has 0 fully saturated rings. The zero-order valence-electron chi connectivity index (χ0n) is 35.7. The number of rotatable bonds is 6. The average Bonchev–Trinajstić information content (AvgIpc) is 3.33. The minimum atomic E-state index is -0.0773. The summed E-state index contributed by atoms with van der Waals surface area (Å²) in [5.74, 6) is 0.596. The van der Waals surface area contributed by atoms with Gasteiger partial charge in [0, 0.05) is 53.6 Å². The highest BCUT2D eigenvalue weighted by Gasteiger charge is 2.09. The maximum Gasteiger partial charge on any atom is 0.196 e. The Morgan fingerprint density at radius 1 is 0.333 bits per heavy atom. The van der Waals surface area contributed by atoms with Crippen LogP contribution in [0.2, 0.25) is 0 Å². The van der Waals surface area contributed by atoms with Gasteiger partial charge in [-0.05, 0) is 117 Å². The molecule has 0 aliphatic heterocycles. The van der Waals surface area contributed by atoms with E-state index in [-0.39, 0.29) is 57.3 Å². The van der Waals surface area contributed by atoms with Gasteiger partial charge in [0.05, 0.1) is 0 Å². The van der Waals surface area contributed by atoms with E-state index < -0.39 is 0 Å². The van der Waals surface area contributed by atoms with Gasteiger partial charge in [0.1, 0.15) is 28.7 Å². The van der Waals surface area contributed by atoms with Gasteiger partial charge in [-0.25, -0.2) is 0 Å². The highest BCUT2D eigenvalue weighted by molar-refractivity contribution is 7.24. The molecule has 9 rings (SSSR count). The summed E-state index contributed by atoms with van der Waals surface area (Å²) in [6.45, 7) is 2.96. The summed E-state index contributed by atoms with van der Waals surface area (Å²) < 4.78 is 1.88. The molecule has 9 aromatic rings. The number of Topliss-reactive ketones (excluding diaryl/α,β-unsaturated/α-hetero) is 2. The van der Waals surface area contributed by atoms with E-state index in [9.17, 15) is 34.2 Å². The third-order valence-corrected chi connectivity index (χ3v) is 10.5. The molecule has 8 aromatic carbocycles. The van der Waals surface area contributed by atoms with Crippen LogP contribution in [0.15, 0.2) is 205 Å². The molecule has 10 nitrogen and oxygen atoms in total. The summed E-state index contributed by atoms with van der Waals surface area (Å²) >= 11 is 1.56. The Hall–Kier alpha value is -8.67. The van der Waals surface area contributed by atoms with Gasteiger partial charge in [-0.1, -0.05) is 97.1 Å². The molecule has 0 saturated carbocycles. The van der Waals surface area contributed by atoms with Crippen LogP contribution >= 0.6 is 11.3 Å². The van der Waals surface area contributed by atoms with Crippen LogP contribution in [0, 0.1) is 0 Å². The Morgan fingerprint density at radius 3 is 1.21 bits per heavy atom. The Balaban J connectivity index is 0.000000157. The number of phenolic OH excluding ortho intramolecular Hbond substituents is 5. The minimum Gasteiger partial charge on any atom is -0.508 e. The number of hydrogen-bond donors (Lipinski definition) is 5. The van der Waals surface area contributed by atoms with Crippen LogP contribution < -0.4 is 5.43 Å². The maximum atomic E-state index is 12.1. The second-order valence-electron chi connectivity index (χ2n) is 14.3. The lowest BCUT2D eigenvalue weighted by Gasteiger charge is -2.00. The van der Waals surface area contributed by atoms with Gasteiger partial charge in [0.25, 0.3) is 0 Å². The predicted molar refractivity (Wildman–Crippen MR) is 259 cm³/mol. The predicted octanol–water partition coefficient (Wildman–Crippen LogP) is 11.6. The summed E-state index contributed by atoms with van der Waals surface area (Å²) in [5.41, 5.74) is 3.52. The van der Waals surface area contributed by atoms with Crippen molar-refractivity contribution in [3.63, 3.8) is 0 Å². The normalized spacial score (nSPS) is 9.97. The number of ketones is 4. The van der Waals surface area contributed by atoms with Crippen molar-refractivity contribution in [1.29, 1.82) is 0 Å². The summed E-state index contributed by atoms with van der Waals surface area (Å²) in [4.78, 5) is 57.3. The Bertz CT molecular complexity index is 3130. The molecule has 0 aliphatic rings. The number of benzene rings is 8. The first-order chi connectivity index (χ1) is 31.7. The molecule has 0 amide bonds. The van der Waals surface area contributed by atoms with E-state index in [1.54, 1.807) is 102 Å². The van der Waals surface area contributed by atoms with Crippen LogP contribution in [0.5, 0.6) is 28.7 Å². The molecule has 0 radical (unpaired) electrons. The first-order valence-corrected chi connectivity index (χ1v) is 21.0. The number of carbonyl (C=O) groups excluding carboxylic acids is 4. The molecule has 0 saturated heterocycles. The number of hydrogen-bond acceptors (Lipinski definition) is 11. The molecule has 330 valence electrons. The highest BCUT2D eigenvalue weighted by atomic mass is 32.1. The van der Waals surface area contributed by atoms with Gasteiger partial charge in [-0.15, -0.1) is 11.3 Å². The fourth-order valence-corrected chi connectivity index (χ4v) is 7.04. The first-order valence-electron chi connectivity index (χ1n) is 20.2. The van der Waals surface area contributed by atoms with Crippen molar-refractivity contribution in [3.8, 4) is 28.7 Å². The molecular formula is C55H44O10S. The van der Waals surface area contributed by atoms with Crippen LogP contribution in [0.1, 0.15) is 66.4 Å². The third kappa shape index (κ3) is 14.2. The van der Waals surface area contributed by atoms with Crippen molar-refractivity contribution < 1.29 is 44.7 Å². The molecule has 0 spiro atoms. The lowest BCUT2D eigenvalue weighted by molar-refractivity contribution is 0.100. The Morgan fingerprint density at radius 2 is 0.712 bits per heavy atom. The monoisotopic (exact) mass is 896 g/mol. The number of fused-ring (bicyclic) bond motifs is 2. The van der Waals surface area contributed by atoms with Crippen LogP contribution in [-0.4, -0.2) is 48.7 Å². The second kappa shape index (κ2) is 23.7. The number of carbonyl (C=O) groups is 4. The summed E-state index contributed by atoms with van der Waals surface area (Å²) in [7, 11) is 0. The molecular weight excluding hydrogens is 853 g/mol. The largest absolute Gasteiger partial charge is 0.508 e. The van der Waals surface area contributed by atoms with Gasteiger partial charge < -0.3 is 25.5 Å². The fraction of sp³-hybridized carbons (Fsp3) is 0.0364. The number of phenols is 5. The quantitative estimate of drug-likeness (QED) is 0.0794. The maximum absolute atomic E-state index is 12.1. The lowest BCUT2D eigenvalue weighted by Crippen LogP contribution is -2.00. The number of aromatic hydroxyl groups is 5. The van der Waals surface area contributed by atoms with Crippen molar-refractivity contribution in [2.45, 2.75) is 13.8 Å². The zero-order chi connectivity index (χ0) is 47.6. The van der Waals surface area contributed by atoms with Crippen molar-refractivity contribution >= 4 is 54.6 Å². The molecule has 66 heavy (non-hydrogen) atoms. The van der Waals surface area contributed by atoms with E-state index >= 15 is 0 Å². The van der Waals surface area contributed by atoms with E-state index in [4.69, 9.17) is 15.3 Å². The van der Waals surface area contributed by atoms with Crippen molar-refractivity contribution in [2.75, 3.05) is 0 Å². The van der Waals surface area contributed by atoms with Gasteiger partial charge in [-0.3, -0.25) is 24.0 Å². The van der Waals surface area contributed by atoms with E-state index in [1.807, 2.05) is 60.7 Å². The van der Waals surface area contributed by atoms with Gasteiger partial charge in [0.15, 0.2) is 28.6 Å². The smallest absolute Gasteiger partial charge is 0.196 e. The topological polar surface area (TPSA) is 186 Å². The average molecular weight is 897 g/mol. The molecule has 0 unspecified atom stereocenters. The lowest BCUT2D eigenvalue weighted by atomic mass is 10.0. The van der Waals surface area contributed by atoms with Gasteiger partial charge >= 0.3 is 0 Å². The minimum absolute atomic E-state index is 0.0137. The van der Waals surface area contributed by atoms with Crippen LogP contribution in [-0.2, 0) is 0 Å². The summed E-state index contributed by atoms with van der Waals surface area (Å²) in [5, 5.41) is 46.8. The van der Waals surface area contributed by atoms with Crippen molar-refractivity contribution in [2.24, 2.45) is 0 Å². The molecule has 0 atom stereocenters. The van der Waals surface area contributed by atoms with Crippen molar-refractivity contribution in [1.82, 2.24) is 0 Å². The van der Waals surface area contributed by atoms with E-state index in [0.29, 0.717) is 44.2 Å². The Labute approximate surface area is 384 Å². The van der Waals surface area contributed by atoms with Gasteiger partial charge in [-0.2, -0.15) is 0 Å². The highest BCUT2D eigenvalue weighted by Crippen LogP contribution is 2.26. The molecule has 1 aromatic heterocycles. The van der Waals surface area contributed by atoms with E-state index in [2.05, 4.69) is 0 Å². The van der Waals surface area contributed by atoms with E-state index in [0.717, 1.165) is 9.40 Å². The van der Waals surface area contributed by atoms with Crippen LogP contribution in [0.3, 0.4) is 0 Å². The standard InChI is InChI=1S/C13H8O2S.2C13H10O2.2C8H8O2/c14-8-5-6-12-10(7-8)13(15)9-3-1-2-4-11(9)16-12;14-12-8-4-7-11(9-12)13(15)10-5-2-1-3-6-10;14-12-8-6-11(7-9-12)13(15)10-4-2-1-3-5-10;1-6(9)7-2-4-8(10)5-3-7;1-6(9)7-3-2-4-8(10)5-7/h1-7,14H;2*1-9,14H;2*2-5,10H,1H3. The summed E-state index contributed by atoms with van der Waals surface area (Å²) in [6.07, 6.45) is 0. The van der Waals surface area contributed by atoms with E-state index in [1.165, 1.54) is 62.4 Å². The van der Waals surface area contributed by atoms with Crippen LogP contribution in [0.25, 0.3) is 20.2 Å². The molecule has 1 heterocycles. The zero-order valence-corrected chi connectivity index (χ0v) is 36.6. The fourth-order valence-electron chi connectivity index (χ4n) is 5.98. The SMILES string of the molecule is CC(=O)c1ccc(O)cc1.CC(=O)c1cccc(O)c1.O=C(c1ccccc1)c1ccc(O)cc1.O=C(c1ccccc1)c1cccc(O)c1.O=c1c2ccccc2sc2ccc(O)cc12. The molecule has 5 N–H and O–H groups in total. The van der Waals surface area contributed by atoms with Gasteiger partial charge in [0.2, 0.25) is 0 Å². The van der Waals surface area contributed by atoms with Crippen LogP contribution in [0.4, 0.5) is 0 Å². The molecule has 0 aliphatic carbocycles. The second-order valence-corrected chi connectivity index (χ2v) is 15.4. The summed E-state index contributed by atoms with van der Waals surface area (Å²) in [6, 6.07) is 55.6. The van der Waals surface area contributed by atoms with Crippen molar-refractivity contribution in [3.05, 3.63) is 244 Å².